The van der Waals surface area contributed by atoms with Gasteiger partial charge in [0, 0.05) is 6.54 Å². The van der Waals surface area contributed by atoms with E-state index >= 15 is 0 Å². The van der Waals surface area contributed by atoms with E-state index in [9.17, 15) is 13.2 Å². The fraction of sp³-hybridized carbons (Fsp3) is 0.350. The number of sulfonamides is 1. The topological polar surface area (TPSA) is 124 Å². The molecule has 1 aliphatic rings. The summed E-state index contributed by atoms with van der Waals surface area (Å²) in [5, 5.41) is 10.4. The molecule has 0 aliphatic carbocycles. The van der Waals surface area contributed by atoms with Gasteiger partial charge in [-0.15, -0.1) is 16.4 Å². The molecule has 2 aromatic heterocycles. The number of nitrogens with one attached hydrogen (secondary N) is 1. The van der Waals surface area contributed by atoms with E-state index in [4.69, 9.17) is 25.5 Å². The fourth-order valence-corrected chi connectivity index (χ4v) is 6.83. The molecule has 0 bridgehead atoms. The number of halogens is 1. The number of carbonyl (C=O) groups is 1. The molecule has 1 N–H and O–H groups in total. The number of anilines is 1. The molecule has 176 valence electrons. The Kier molecular flexibility index (Phi) is 6.88. The number of ether oxygens (including phenoxy) is 2. The molecule has 1 aromatic carbocycles. The maximum Gasteiger partial charge on any atom is 0.322 e. The lowest BCUT2D eigenvalue weighted by molar-refractivity contribution is -0.120. The standard InChI is InChI=1S/C20H21ClN4O6S2/c1-29-12-6-7-15(30-2)13(11-12)19-23-24-20(31-19)22-18(26)14-5-3-4-10-25(14)33(27,28)17-9-8-16(21)32-17/h6-9,11,14H,3-5,10H2,1-2H3,(H,22,24,26). The van der Waals surface area contributed by atoms with Gasteiger partial charge in [0.15, 0.2) is 0 Å². The Morgan fingerprint density at radius 1 is 1.21 bits per heavy atom. The molecule has 4 rings (SSSR count). The number of nitrogens with zero attached hydrogens (tertiary/aromatic N) is 3. The first kappa shape index (κ1) is 23.5. The number of methoxy groups -OCH3 is 2. The maximum absolute atomic E-state index is 13.1. The molecule has 1 fully saturated rings. The second-order valence-corrected chi connectivity index (χ2v) is 11.0. The van der Waals surface area contributed by atoms with Crippen LogP contribution in [-0.4, -0.2) is 55.6 Å². The third-order valence-corrected chi connectivity index (χ3v) is 8.77. The molecule has 1 atom stereocenters. The van der Waals surface area contributed by atoms with Crippen LogP contribution in [0.4, 0.5) is 6.01 Å². The summed E-state index contributed by atoms with van der Waals surface area (Å²) in [6, 6.07) is 6.98. The number of thiophene rings is 1. The van der Waals surface area contributed by atoms with Crippen molar-refractivity contribution in [2.75, 3.05) is 26.1 Å². The van der Waals surface area contributed by atoms with Crippen molar-refractivity contribution < 1.29 is 27.1 Å². The van der Waals surface area contributed by atoms with Crippen LogP contribution in [0.25, 0.3) is 11.5 Å². The summed E-state index contributed by atoms with van der Waals surface area (Å²) in [5.41, 5.74) is 0.487. The number of benzene rings is 1. The number of carbonyl (C=O) groups excluding carboxylic acids is 1. The number of hydrogen-bond acceptors (Lipinski definition) is 9. The first-order valence-electron chi connectivity index (χ1n) is 9.97. The molecule has 0 spiro atoms. The van der Waals surface area contributed by atoms with Gasteiger partial charge in [0.2, 0.25) is 5.91 Å². The lowest BCUT2D eigenvalue weighted by Gasteiger charge is -2.32. The van der Waals surface area contributed by atoms with Crippen LogP contribution in [0.2, 0.25) is 4.34 Å². The van der Waals surface area contributed by atoms with Gasteiger partial charge in [-0.25, -0.2) is 8.42 Å². The molecule has 1 aliphatic heterocycles. The third-order valence-electron chi connectivity index (χ3n) is 5.16. The van der Waals surface area contributed by atoms with Gasteiger partial charge in [-0.05, 0) is 43.2 Å². The molecule has 0 saturated carbocycles. The van der Waals surface area contributed by atoms with Crippen molar-refractivity contribution in [2.24, 2.45) is 0 Å². The Morgan fingerprint density at radius 3 is 2.73 bits per heavy atom. The zero-order valence-corrected chi connectivity index (χ0v) is 20.2. The van der Waals surface area contributed by atoms with E-state index < -0.39 is 22.0 Å². The summed E-state index contributed by atoms with van der Waals surface area (Å²) in [6.45, 7) is 0.228. The second kappa shape index (κ2) is 9.67. The van der Waals surface area contributed by atoms with Gasteiger partial charge in [-0.2, -0.15) is 4.31 Å². The van der Waals surface area contributed by atoms with E-state index in [2.05, 4.69) is 15.5 Å². The van der Waals surface area contributed by atoms with Crippen LogP contribution in [-0.2, 0) is 14.8 Å². The highest BCUT2D eigenvalue weighted by molar-refractivity contribution is 7.91. The van der Waals surface area contributed by atoms with Crippen LogP contribution in [0.5, 0.6) is 11.5 Å². The lowest BCUT2D eigenvalue weighted by Crippen LogP contribution is -2.49. The van der Waals surface area contributed by atoms with E-state index in [1.165, 1.54) is 30.7 Å². The molecule has 1 unspecified atom stereocenters. The molecule has 13 heteroatoms. The molecule has 3 heterocycles. The van der Waals surface area contributed by atoms with Gasteiger partial charge in [-0.3, -0.25) is 10.1 Å². The predicted octanol–water partition coefficient (Wildman–Crippen LogP) is 3.65. The van der Waals surface area contributed by atoms with Crippen LogP contribution < -0.4 is 14.8 Å². The van der Waals surface area contributed by atoms with Crippen LogP contribution in [0.1, 0.15) is 19.3 Å². The van der Waals surface area contributed by atoms with Crippen LogP contribution in [0.3, 0.4) is 0 Å². The normalized spacial score (nSPS) is 17.0. The zero-order valence-electron chi connectivity index (χ0n) is 17.8. The van der Waals surface area contributed by atoms with Crippen molar-refractivity contribution >= 4 is 44.9 Å². The monoisotopic (exact) mass is 512 g/mol. The first-order chi connectivity index (χ1) is 15.8. The highest BCUT2D eigenvalue weighted by atomic mass is 35.5. The van der Waals surface area contributed by atoms with Gasteiger partial charge >= 0.3 is 6.01 Å². The van der Waals surface area contributed by atoms with E-state index in [-0.39, 0.29) is 22.7 Å². The molecule has 1 amide bonds. The van der Waals surface area contributed by atoms with Crippen LogP contribution in [0, 0.1) is 0 Å². The van der Waals surface area contributed by atoms with Gasteiger partial charge in [0.05, 0.1) is 24.1 Å². The third kappa shape index (κ3) is 4.83. The summed E-state index contributed by atoms with van der Waals surface area (Å²) < 4.78 is 44.0. The molecular formula is C20H21ClN4O6S2. The number of aromatic nitrogens is 2. The van der Waals surface area contributed by atoms with Crippen LogP contribution >= 0.6 is 22.9 Å². The molecule has 33 heavy (non-hydrogen) atoms. The smallest absolute Gasteiger partial charge is 0.322 e. The minimum Gasteiger partial charge on any atom is -0.497 e. The number of hydrogen-bond donors (Lipinski definition) is 1. The largest absolute Gasteiger partial charge is 0.497 e. The highest BCUT2D eigenvalue weighted by Crippen LogP contribution is 2.34. The minimum atomic E-state index is -3.87. The Labute approximate surface area is 199 Å². The number of rotatable bonds is 7. The maximum atomic E-state index is 13.1. The highest BCUT2D eigenvalue weighted by Gasteiger charge is 2.38. The average Bonchev–Trinajstić information content (AvgIpc) is 3.48. The second-order valence-electron chi connectivity index (χ2n) is 7.15. The fourth-order valence-electron chi connectivity index (χ4n) is 3.56. The van der Waals surface area contributed by atoms with E-state index in [1.54, 1.807) is 18.2 Å². The van der Waals surface area contributed by atoms with E-state index in [0.29, 0.717) is 40.7 Å². The van der Waals surface area contributed by atoms with Gasteiger partial charge in [-0.1, -0.05) is 23.1 Å². The average molecular weight is 513 g/mol. The molecule has 0 radical (unpaired) electrons. The summed E-state index contributed by atoms with van der Waals surface area (Å²) in [6.07, 6.45) is 1.74. The summed E-state index contributed by atoms with van der Waals surface area (Å²) >= 11 is 6.87. The minimum absolute atomic E-state index is 0.0948. The Morgan fingerprint density at radius 2 is 2.03 bits per heavy atom. The Hall–Kier alpha value is -2.67. The van der Waals surface area contributed by atoms with Crippen molar-refractivity contribution in [3.63, 3.8) is 0 Å². The molecule has 3 aromatic rings. The van der Waals surface area contributed by atoms with Crippen molar-refractivity contribution in [3.05, 3.63) is 34.7 Å². The predicted molar refractivity (Wildman–Crippen MR) is 122 cm³/mol. The number of piperidine rings is 1. The van der Waals surface area contributed by atoms with E-state index in [1.807, 2.05) is 0 Å². The first-order valence-corrected chi connectivity index (χ1v) is 12.6. The van der Waals surface area contributed by atoms with Crippen LogP contribution in [0.15, 0.2) is 39.0 Å². The van der Waals surface area contributed by atoms with Crippen molar-refractivity contribution in [1.29, 1.82) is 0 Å². The summed E-state index contributed by atoms with van der Waals surface area (Å²) in [7, 11) is -0.842. The van der Waals surface area contributed by atoms with E-state index in [0.717, 1.165) is 11.3 Å². The van der Waals surface area contributed by atoms with Gasteiger partial charge in [0.1, 0.15) is 21.8 Å². The van der Waals surface area contributed by atoms with Gasteiger partial charge in [0.25, 0.3) is 15.9 Å². The summed E-state index contributed by atoms with van der Waals surface area (Å²) in [5.74, 6) is 0.610. The molecular weight excluding hydrogens is 492 g/mol. The molecule has 1 saturated heterocycles. The van der Waals surface area contributed by atoms with Crippen molar-refractivity contribution in [3.8, 4) is 23.0 Å². The Bertz CT molecular complexity index is 1260. The van der Waals surface area contributed by atoms with Gasteiger partial charge < -0.3 is 13.9 Å². The SMILES string of the molecule is COc1ccc(OC)c(-c2nnc(NC(=O)C3CCCCN3S(=O)(=O)c3ccc(Cl)s3)o2)c1. The Balaban J connectivity index is 1.55. The summed E-state index contributed by atoms with van der Waals surface area (Å²) in [4.78, 5) is 13.0. The molecule has 10 nitrogen and oxygen atoms in total. The lowest BCUT2D eigenvalue weighted by atomic mass is 10.0. The van der Waals surface area contributed by atoms with Crippen molar-refractivity contribution in [2.45, 2.75) is 29.5 Å². The quantitative estimate of drug-likeness (QED) is 0.508. The van der Waals surface area contributed by atoms with Crippen molar-refractivity contribution in [1.82, 2.24) is 14.5 Å². The number of amides is 1. The zero-order chi connectivity index (χ0) is 23.6.